The van der Waals surface area contributed by atoms with E-state index in [-0.39, 0.29) is 12.3 Å². The van der Waals surface area contributed by atoms with Gasteiger partial charge in [0.1, 0.15) is 5.01 Å². The molecule has 1 aliphatic rings. The number of hydrogen-bond donors (Lipinski definition) is 1. The summed E-state index contributed by atoms with van der Waals surface area (Å²) in [4.78, 5) is 19.3. The molecule has 1 amide bonds. The number of hydrogen-bond acceptors (Lipinski definition) is 6. The van der Waals surface area contributed by atoms with E-state index in [0.717, 1.165) is 40.7 Å². The number of amides is 1. The molecule has 1 aromatic carbocycles. The molecule has 0 bridgehead atoms. The number of thiophene rings is 1. The molecule has 1 fully saturated rings. The first-order valence-corrected chi connectivity index (χ1v) is 10.8. The first-order chi connectivity index (χ1) is 13.2. The lowest BCUT2D eigenvalue weighted by atomic mass is 10.2. The maximum Gasteiger partial charge on any atom is 0.230 e. The number of benzene rings is 1. The largest absolute Gasteiger partial charge is 0.378 e. The Morgan fingerprint density at radius 3 is 2.89 bits per heavy atom. The third-order valence-corrected chi connectivity index (χ3v) is 6.18. The van der Waals surface area contributed by atoms with Crippen molar-refractivity contribution in [3.8, 4) is 10.6 Å². The fourth-order valence-corrected chi connectivity index (χ4v) is 4.82. The average molecular weight is 420 g/mol. The zero-order valence-corrected chi connectivity index (χ0v) is 16.9. The Hall–Kier alpha value is -1.93. The molecule has 0 radical (unpaired) electrons. The molecule has 0 unspecified atom stereocenters. The second kappa shape index (κ2) is 8.39. The van der Waals surface area contributed by atoms with Crippen molar-refractivity contribution in [1.82, 2.24) is 4.98 Å². The topological polar surface area (TPSA) is 54.5 Å². The van der Waals surface area contributed by atoms with Crippen molar-refractivity contribution in [2.24, 2.45) is 0 Å². The van der Waals surface area contributed by atoms with Crippen LogP contribution in [0.1, 0.15) is 5.69 Å². The summed E-state index contributed by atoms with van der Waals surface area (Å²) in [6, 6.07) is 7.61. The molecule has 1 saturated heterocycles. The molecule has 1 N–H and O–H groups in total. The minimum atomic E-state index is -0.103. The number of halogens is 1. The lowest BCUT2D eigenvalue weighted by molar-refractivity contribution is -0.115. The molecule has 1 aliphatic heterocycles. The lowest BCUT2D eigenvalue weighted by Gasteiger charge is -2.31. The van der Waals surface area contributed by atoms with Gasteiger partial charge in [0.05, 0.1) is 41.7 Å². The molecule has 4 rings (SSSR count). The number of rotatable bonds is 5. The molecule has 0 aliphatic carbocycles. The molecule has 5 nitrogen and oxygen atoms in total. The van der Waals surface area contributed by atoms with E-state index >= 15 is 0 Å². The second-order valence-corrected chi connectivity index (χ2v) is 8.16. The predicted octanol–water partition coefficient (Wildman–Crippen LogP) is 4.54. The summed E-state index contributed by atoms with van der Waals surface area (Å²) in [5, 5.41) is 10.6. The van der Waals surface area contributed by atoms with Crippen LogP contribution >= 0.6 is 34.3 Å². The van der Waals surface area contributed by atoms with Crippen molar-refractivity contribution < 1.29 is 9.53 Å². The van der Waals surface area contributed by atoms with Crippen LogP contribution in [-0.2, 0) is 16.0 Å². The van der Waals surface area contributed by atoms with E-state index in [4.69, 9.17) is 16.3 Å². The zero-order valence-electron chi connectivity index (χ0n) is 14.5. The number of carbonyl (C=O) groups excluding carboxylic acids is 1. The fraction of sp³-hybridized carbons (Fsp3) is 0.263. The highest BCUT2D eigenvalue weighted by Crippen LogP contribution is 2.34. The van der Waals surface area contributed by atoms with E-state index in [1.165, 1.54) is 0 Å². The molecule has 140 valence electrons. The maximum atomic E-state index is 12.6. The van der Waals surface area contributed by atoms with Crippen LogP contribution in [0, 0.1) is 0 Å². The van der Waals surface area contributed by atoms with E-state index in [9.17, 15) is 4.79 Å². The van der Waals surface area contributed by atoms with Gasteiger partial charge in [-0.25, -0.2) is 4.98 Å². The molecule has 0 saturated carbocycles. The van der Waals surface area contributed by atoms with E-state index in [0.29, 0.717) is 18.2 Å². The highest BCUT2D eigenvalue weighted by molar-refractivity contribution is 7.14. The Labute approximate surface area is 170 Å². The van der Waals surface area contributed by atoms with E-state index in [1.54, 1.807) is 22.7 Å². The number of thiazole rings is 1. The molecule has 8 heteroatoms. The monoisotopic (exact) mass is 419 g/mol. The van der Waals surface area contributed by atoms with Gasteiger partial charge < -0.3 is 15.0 Å². The van der Waals surface area contributed by atoms with E-state index < -0.39 is 0 Å². The van der Waals surface area contributed by atoms with Gasteiger partial charge in [0, 0.05) is 29.4 Å². The molecular formula is C19H18ClN3O2S2. The Bertz CT molecular complexity index is 921. The summed E-state index contributed by atoms with van der Waals surface area (Å²) < 4.78 is 5.42. The molecule has 2 aromatic heterocycles. The summed E-state index contributed by atoms with van der Waals surface area (Å²) in [5.74, 6) is -0.103. The SMILES string of the molecule is O=C(Cc1csc(-c2ccsc2)n1)Nc1cccc(Cl)c1N1CCOCC1. The number of anilines is 2. The fourth-order valence-electron chi connectivity index (χ4n) is 2.99. The van der Waals surface area contributed by atoms with Crippen LogP contribution in [0.3, 0.4) is 0 Å². The average Bonchev–Trinajstić information content (AvgIpc) is 3.34. The summed E-state index contributed by atoms with van der Waals surface area (Å²) in [6.45, 7) is 2.82. The van der Waals surface area contributed by atoms with Gasteiger partial charge in [-0.2, -0.15) is 11.3 Å². The third kappa shape index (κ3) is 4.32. The van der Waals surface area contributed by atoms with Gasteiger partial charge in [-0.05, 0) is 23.6 Å². The highest BCUT2D eigenvalue weighted by atomic mass is 35.5. The van der Waals surface area contributed by atoms with Crippen LogP contribution in [0.2, 0.25) is 5.02 Å². The Morgan fingerprint density at radius 2 is 2.11 bits per heavy atom. The van der Waals surface area contributed by atoms with Crippen LogP contribution in [0.5, 0.6) is 0 Å². The zero-order chi connectivity index (χ0) is 18.6. The third-order valence-electron chi connectivity index (χ3n) is 4.25. The van der Waals surface area contributed by atoms with Crippen LogP contribution in [0.15, 0.2) is 40.4 Å². The smallest absolute Gasteiger partial charge is 0.230 e. The Morgan fingerprint density at radius 1 is 1.26 bits per heavy atom. The Balaban J connectivity index is 1.47. The van der Waals surface area contributed by atoms with Gasteiger partial charge in [0.15, 0.2) is 0 Å². The summed E-state index contributed by atoms with van der Waals surface area (Å²) >= 11 is 9.62. The number of ether oxygens (including phenoxy) is 1. The van der Waals surface area contributed by atoms with Gasteiger partial charge in [-0.15, -0.1) is 11.3 Å². The number of carbonyl (C=O) groups is 1. The van der Waals surface area contributed by atoms with Gasteiger partial charge in [-0.3, -0.25) is 4.79 Å². The lowest BCUT2D eigenvalue weighted by Crippen LogP contribution is -2.37. The van der Waals surface area contributed by atoms with E-state index in [2.05, 4.69) is 20.6 Å². The van der Waals surface area contributed by atoms with Crippen LogP contribution < -0.4 is 10.2 Å². The van der Waals surface area contributed by atoms with Gasteiger partial charge in [0.2, 0.25) is 5.91 Å². The maximum absolute atomic E-state index is 12.6. The molecule has 3 aromatic rings. The molecule has 3 heterocycles. The molecule has 0 spiro atoms. The van der Waals surface area contributed by atoms with E-state index in [1.807, 2.05) is 35.0 Å². The van der Waals surface area contributed by atoms with Crippen molar-refractivity contribution in [3.63, 3.8) is 0 Å². The molecule has 27 heavy (non-hydrogen) atoms. The van der Waals surface area contributed by atoms with Crippen molar-refractivity contribution in [1.29, 1.82) is 0 Å². The second-order valence-electron chi connectivity index (χ2n) is 6.12. The highest BCUT2D eigenvalue weighted by Gasteiger charge is 2.19. The van der Waals surface area contributed by atoms with Gasteiger partial charge in [-0.1, -0.05) is 17.7 Å². The summed E-state index contributed by atoms with van der Waals surface area (Å²) in [6.07, 6.45) is 0.232. The predicted molar refractivity (Wildman–Crippen MR) is 112 cm³/mol. The van der Waals surface area contributed by atoms with Crippen molar-refractivity contribution in [2.45, 2.75) is 6.42 Å². The summed E-state index contributed by atoms with van der Waals surface area (Å²) in [5.41, 5.74) is 3.45. The quantitative estimate of drug-likeness (QED) is 0.659. The minimum absolute atomic E-state index is 0.103. The Kier molecular flexibility index (Phi) is 5.73. The standard InChI is InChI=1S/C19H18ClN3O2S2/c20-15-2-1-3-16(18(15)23-5-7-25-8-6-23)22-17(24)10-14-12-27-19(21-14)13-4-9-26-11-13/h1-4,9,11-12H,5-8,10H2,(H,22,24). The number of nitrogens with one attached hydrogen (secondary N) is 1. The number of aromatic nitrogens is 1. The first kappa shape index (κ1) is 18.4. The van der Waals surface area contributed by atoms with Crippen LogP contribution in [0.4, 0.5) is 11.4 Å². The molecule has 0 atom stereocenters. The number of para-hydroxylation sites is 1. The van der Waals surface area contributed by atoms with Gasteiger partial charge in [0.25, 0.3) is 0 Å². The number of morpholine rings is 1. The van der Waals surface area contributed by atoms with Crippen LogP contribution in [0.25, 0.3) is 10.6 Å². The van der Waals surface area contributed by atoms with Crippen molar-refractivity contribution >= 4 is 51.6 Å². The van der Waals surface area contributed by atoms with Crippen molar-refractivity contribution in [2.75, 3.05) is 36.5 Å². The normalized spacial score (nSPS) is 14.3. The van der Waals surface area contributed by atoms with Crippen molar-refractivity contribution in [3.05, 3.63) is 51.1 Å². The first-order valence-electron chi connectivity index (χ1n) is 8.59. The number of nitrogens with zero attached hydrogens (tertiary/aromatic N) is 2. The van der Waals surface area contributed by atoms with Crippen LogP contribution in [-0.4, -0.2) is 37.2 Å². The minimum Gasteiger partial charge on any atom is -0.378 e. The van der Waals surface area contributed by atoms with Gasteiger partial charge >= 0.3 is 0 Å². The summed E-state index contributed by atoms with van der Waals surface area (Å²) in [7, 11) is 0. The molecular weight excluding hydrogens is 402 g/mol.